The first kappa shape index (κ1) is 32.0. The zero-order valence-corrected chi connectivity index (χ0v) is 27.9. The predicted molar refractivity (Wildman–Crippen MR) is 189 cm³/mol. The Morgan fingerprint density at radius 2 is 1.89 bits per heavy atom. The molecule has 0 spiro atoms. The van der Waals surface area contributed by atoms with Gasteiger partial charge in [-0.05, 0) is 110 Å². The minimum Gasteiger partial charge on any atom is -0.489 e. The Labute approximate surface area is 276 Å². The van der Waals surface area contributed by atoms with Gasteiger partial charge >= 0.3 is 0 Å². The van der Waals surface area contributed by atoms with Crippen molar-refractivity contribution in [1.29, 1.82) is 0 Å². The number of rotatable bonds is 11. The molecule has 0 radical (unpaired) electrons. The van der Waals surface area contributed by atoms with Gasteiger partial charge in [-0.3, -0.25) is 0 Å². The molecule has 2 aliphatic carbocycles. The number of ether oxygens (including phenoxy) is 2. The molecule has 1 saturated carbocycles. The molecule has 44 heavy (non-hydrogen) atoms. The molecule has 8 heteroatoms. The molecule has 2 aromatic rings. The topological polar surface area (TPSA) is 113 Å². The highest BCUT2D eigenvalue weighted by atomic mass is 127. The van der Waals surface area contributed by atoms with Gasteiger partial charge in [-0.25, -0.2) is 4.98 Å². The molecule has 1 aliphatic heterocycles. The normalized spacial score (nSPS) is 21.2. The van der Waals surface area contributed by atoms with Crippen LogP contribution in [0.3, 0.4) is 0 Å². The van der Waals surface area contributed by atoms with Crippen LogP contribution in [0.1, 0.15) is 70.3 Å². The zero-order valence-electron chi connectivity index (χ0n) is 25.8. The van der Waals surface area contributed by atoms with Gasteiger partial charge in [0.2, 0.25) is 5.88 Å². The Bertz CT molecular complexity index is 1440. The second kappa shape index (κ2) is 15.5. The first-order valence-electron chi connectivity index (χ1n) is 15.9. The lowest BCUT2D eigenvalue weighted by molar-refractivity contribution is 0.114. The van der Waals surface area contributed by atoms with E-state index < -0.39 is 0 Å². The largest absolute Gasteiger partial charge is 0.489 e. The zero-order chi connectivity index (χ0) is 30.9. The van der Waals surface area contributed by atoms with Crippen LogP contribution < -0.4 is 31.6 Å². The Balaban J connectivity index is 1.28. The third-order valence-electron chi connectivity index (χ3n) is 8.72. The number of nitrogens with zero attached hydrogens (tertiary/aromatic N) is 2. The highest BCUT2D eigenvalue weighted by Crippen LogP contribution is 2.34. The van der Waals surface area contributed by atoms with Crippen molar-refractivity contribution in [2.24, 2.45) is 23.1 Å². The lowest BCUT2D eigenvalue weighted by Crippen LogP contribution is -2.36. The van der Waals surface area contributed by atoms with E-state index in [-0.39, 0.29) is 0 Å². The van der Waals surface area contributed by atoms with E-state index in [9.17, 15) is 0 Å². The summed E-state index contributed by atoms with van der Waals surface area (Å²) >= 11 is 2.34. The second-order valence-corrected chi connectivity index (χ2v) is 13.4. The van der Waals surface area contributed by atoms with Gasteiger partial charge < -0.3 is 31.6 Å². The van der Waals surface area contributed by atoms with Crippen LogP contribution in [-0.2, 0) is 0 Å². The smallest absolute Gasteiger partial charge is 0.215 e. The first-order chi connectivity index (χ1) is 21.4. The molecule has 1 aromatic heterocycles. The van der Waals surface area contributed by atoms with Gasteiger partial charge in [0.25, 0.3) is 0 Å². The van der Waals surface area contributed by atoms with E-state index in [4.69, 9.17) is 26.7 Å². The summed E-state index contributed by atoms with van der Waals surface area (Å²) in [5.74, 6) is 2.49. The van der Waals surface area contributed by atoms with Gasteiger partial charge in [0, 0.05) is 51.0 Å². The third-order valence-corrected chi connectivity index (χ3v) is 9.61. The van der Waals surface area contributed by atoms with E-state index in [1.54, 1.807) is 0 Å². The van der Waals surface area contributed by atoms with Gasteiger partial charge in [-0.15, -0.1) is 0 Å². The standard InChI is InChI=1S/C36H46IN5O2/c1-25-7-4-9-29(42(23-25)30-19-20-41-35(22-30)44-31-11-6-12-31)10-5-8-27(36(39)40)21-33(37)32-13-2-3-14-34(32)43-24-26-15-17-28(38)18-16-26/h2-3,5,8,13-15,17,19-22,25,29,31H,4,6-7,9-12,16,18,23-24,38-40H2,1H3/b8-5-,33-21-. The number of anilines is 1. The fraction of sp³-hybridized carbons (Fsp3) is 0.417. The van der Waals surface area contributed by atoms with Crippen LogP contribution in [0, 0.1) is 5.92 Å². The fourth-order valence-corrected chi connectivity index (χ4v) is 6.65. The second-order valence-electron chi connectivity index (χ2n) is 12.3. The molecule has 2 unspecified atom stereocenters. The summed E-state index contributed by atoms with van der Waals surface area (Å²) in [6.07, 6.45) is 22.3. The van der Waals surface area contributed by atoms with Crippen molar-refractivity contribution in [3.63, 3.8) is 0 Å². The van der Waals surface area contributed by atoms with E-state index in [2.05, 4.69) is 75.8 Å². The molecule has 2 atom stereocenters. The number of allylic oxidation sites excluding steroid dienone is 6. The van der Waals surface area contributed by atoms with Crippen molar-refractivity contribution in [3.05, 3.63) is 101 Å². The van der Waals surface area contributed by atoms with E-state index >= 15 is 0 Å². The molecule has 6 N–H and O–H groups in total. The van der Waals surface area contributed by atoms with Crippen LogP contribution in [0.5, 0.6) is 11.6 Å². The number of pyridine rings is 1. The summed E-state index contributed by atoms with van der Waals surface area (Å²) in [5, 5.41) is 0. The molecular formula is C36H46IN5O2. The number of halogens is 1. The molecule has 2 heterocycles. The predicted octanol–water partition coefficient (Wildman–Crippen LogP) is 7.50. The van der Waals surface area contributed by atoms with E-state index in [0.29, 0.717) is 30.5 Å². The van der Waals surface area contributed by atoms with Crippen molar-refractivity contribution >= 4 is 31.9 Å². The summed E-state index contributed by atoms with van der Waals surface area (Å²) in [4.78, 5) is 7.05. The van der Waals surface area contributed by atoms with Gasteiger partial charge in [0.15, 0.2) is 0 Å². The Kier molecular flexibility index (Phi) is 11.3. The molecule has 3 aliphatic rings. The van der Waals surface area contributed by atoms with Gasteiger partial charge in [0.05, 0.1) is 0 Å². The quantitative estimate of drug-likeness (QED) is 0.164. The van der Waals surface area contributed by atoms with Gasteiger partial charge in [0.1, 0.15) is 24.3 Å². The SMILES string of the molecule is CC1CCCC(C/C=C\C(/C=C(\I)c2ccccc2OCC2=CC=C(N)CC2)=C(N)N)N(c2ccnc(OC3CCC3)c2)C1. The highest BCUT2D eigenvalue weighted by Gasteiger charge is 2.25. The molecule has 234 valence electrons. The number of hydrogen-bond donors (Lipinski definition) is 3. The van der Waals surface area contributed by atoms with Gasteiger partial charge in [-0.2, -0.15) is 0 Å². The third kappa shape index (κ3) is 8.83. The number of para-hydroxylation sites is 1. The average molecular weight is 708 g/mol. The Hall–Kier alpha value is -3.40. The average Bonchev–Trinajstić information content (AvgIpc) is 3.19. The molecule has 1 aromatic carbocycles. The Morgan fingerprint density at radius 1 is 1.07 bits per heavy atom. The number of benzene rings is 1. The van der Waals surface area contributed by atoms with E-state index in [1.165, 1.54) is 30.5 Å². The van der Waals surface area contributed by atoms with E-state index in [0.717, 1.165) is 77.1 Å². The molecular weight excluding hydrogens is 661 g/mol. The Morgan fingerprint density at radius 3 is 2.64 bits per heavy atom. The number of hydrogen-bond acceptors (Lipinski definition) is 7. The first-order valence-corrected chi connectivity index (χ1v) is 17.0. The van der Waals surface area contributed by atoms with Crippen molar-refractivity contribution in [3.8, 4) is 11.6 Å². The van der Waals surface area contributed by atoms with Crippen LogP contribution in [-0.4, -0.2) is 30.3 Å². The summed E-state index contributed by atoms with van der Waals surface area (Å²) in [7, 11) is 0. The molecule has 0 bridgehead atoms. The molecule has 7 nitrogen and oxygen atoms in total. The lowest BCUT2D eigenvalue weighted by atomic mass is 9.96. The fourth-order valence-electron chi connectivity index (χ4n) is 5.87. The van der Waals surface area contributed by atoms with Crippen LogP contribution in [0.2, 0.25) is 0 Å². The van der Waals surface area contributed by atoms with Crippen molar-refractivity contribution < 1.29 is 9.47 Å². The monoisotopic (exact) mass is 707 g/mol. The maximum atomic E-state index is 6.25. The lowest BCUT2D eigenvalue weighted by Gasteiger charge is -2.33. The van der Waals surface area contributed by atoms with Crippen molar-refractivity contribution in [1.82, 2.24) is 4.98 Å². The van der Waals surface area contributed by atoms with Crippen LogP contribution in [0.25, 0.3) is 3.58 Å². The number of nitrogens with two attached hydrogens (primary N) is 3. The maximum Gasteiger partial charge on any atom is 0.215 e. The molecule has 0 amide bonds. The minimum atomic E-state index is 0.295. The molecule has 2 fully saturated rings. The van der Waals surface area contributed by atoms with Crippen LogP contribution >= 0.6 is 22.6 Å². The molecule has 1 saturated heterocycles. The highest BCUT2D eigenvalue weighted by molar-refractivity contribution is 14.1. The number of aromatic nitrogens is 1. The van der Waals surface area contributed by atoms with Crippen molar-refractivity contribution in [2.45, 2.75) is 76.9 Å². The summed E-state index contributed by atoms with van der Waals surface area (Å²) in [5.41, 5.74) is 23.4. The van der Waals surface area contributed by atoms with Crippen molar-refractivity contribution in [2.75, 3.05) is 18.1 Å². The summed E-state index contributed by atoms with van der Waals surface area (Å²) in [6.45, 7) is 3.90. The summed E-state index contributed by atoms with van der Waals surface area (Å²) < 4.78 is 13.4. The summed E-state index contributed by atoms with van der Waals surface area (Å²) in [6, 6.07) is 12.7. The molecule has 5 rings (SSSR count). The van der Waals surface area contributed by atoms with Gasteiger partial charge in [-0.1, -0.05) is 49.8 Å². The maximum absolute atomic E-state index is 6.25. The van der Waals surface area contributed by atoms with Crippen LogP contribution in [0.15, 0.2) is 95.6 Å². The van der Waals surface area contributed by atoms with Crippen LogP contribution in [0.4, 0.5) is 5.69 Å². The minimum absolute atomic E-state index is 0.295. The van der Waals surface area contributed by atoms with E-state index in [1.807, 2.05) is 36.5 Å².